The molecular weight excluding hydrogens is 290 g/mol. The number of benzene rings is 1. The van der Waals surface area contributed by atoms with E-state index in [9.17, 15) is 9.59 Å². The van der Waals surface area contributed by atoms with E-state index in [2.05, 4.69) is 22.9 Å². The van der Waals surface area contributed by atoms with Gasteiger partial charge in [0.05, 0.1) is 0 Å². The number of carbonyl (C=O) groups is 2. The van der Waals surface area contributed by atoms with Gasteiger partial charge in [0, 0.05) is 24.2 Å². The van der Waals surface area contributed by atoms with E-state index in [1.165, 1.54) is 0 Å². The molecule has 1 fully saturated rings. The van der Waals surface area contributed by atoms with Gasteiger partial charge in [0.2, 0.25) is 11.8 Å². The lowest BCUT2D eigenvalue weighted by Gasteiger charge is -2.28. The molecule has 124 valence electrons. The minimum atomic E-state index is 0.0421. The van der Waals surface area contributed by atoms with Gasteiger partial charge >= 0.3 is 0 Å². The molecule has 2 amide bonds. The fraction of sp³-hybridized carbons (Fsp3) is 0.556. The molecule has 0 spiro atoms. The van der Waals surface area contributed by atoms with Crippen molar-refractivity contribution < 1.29 is 9.59 Å². The smallest absolute Gasteiger partial charge is 0.224 e. The van der Waals surface area contributed by atoms with Crippen LogP contribution in [-0.2, 0) is 16.0 Å². The molecular formula is C18H25N3O2. The first-order valence-corrected chi connectivity index (χ1v) is 8.55. The van der Waals surface area contributed by atoms with E-state index in [1.54, 1.807) is 0 Å². The summed E-state index contributed by atoms with van der Waals surface area (Å²) in [6, 6.07) is 5.77. The van der Waals surface area contributed by atoms with Crippen molar-refractivity contribution in [2.75, 3.05) is 23.7 Å². The summed E-state index contributed by atoms with van der Waals surface area (Å²) in [4.78, 5) is 23.8. The summed E-state index contributed by atoms with van der Waals surface area (Å²) in [7, 11) is 0. The lowest BCUT2D eigenvalue weighted by Crippen LogP contribution is -2.32. The van der Waals surface area contributed by atoms with Crippen LogP contribution in [0.2, 0.25) is 0 Å². The minimum Gasteiger partial charge on any atom is -0.326 e. The molecule has 2 aliphatic rings. The number of rotatable bonds is 4. The van der Waals surface area contributed by atoms with Gasteiger partial charge in [-0.3, -0.25) is 9.59 Å². The first-order chi connectivity index (χ1) is 11.1. The molecule has 1 aromatic carbocycles. The number of piperidine rings is 1. The van der Waals surface area contributed by atoms with E-state index in [4.69, 9.17) is 0 Å². The van der Waals surface area contributed by atoms with Crippen LogP contribution in [0.15, 0.2) is 18.2 Å². The first-order valence-electron chi connectivity index (χ1n) is 8.55. The van der Waals surface area contributed by atoms with E-state index in [0.717, 1.165) is 49.3 Å². The predicted octanol–water partition coefficient (Wildman–Crippen LogP) is 2.54. The van der Waals surface area contributed by atoms with Crippen LogP contribution in [0, 0.1) is 11.8 Å². The number of fused-ring (bicyclic) bond motifs is 1. The Kier molecular flexibility index (Phi) is 4.96. The van der Waals surface area contributed by atoms with Crippen LogP contribution in [0.5, 0.6) is 0 Å². The highest BCUT2D eigenvalue weighted by Gasteiger charge is 2.22. The maximum absolute atomic E-state index is 12.3. The lowest BCUT2D eigenvalue weighted by atomic mass is 9.84. The van der Waals surface area contributed by atoms with E-state index in [-0.39, 0.29) is 11.8 Å². The highest BCUT2D eigenvalue weighted by atomic mass is 16.2. The molecule has 3 N–H and O–H groups in total. The van der Waals surface area contributed by atoms with Crippen molar-refractivity contribution in [3.05, 3.63) is 23.8 Å². The summed E-state index contributed by atoms with van der Waals surface area (Å²) in [5.74, 6) is 1.12. The minimum absolute atomic E-state index is 0.0421. The molecule has 2 heterocycles. The van der Waals surface area contributed by atoms with Crippen molar-refractivity contribution in [1.82, 2.24) is 5.32 Å². The van der Waals surface area contributed by atoms with Crippen molar-refractivity contribution in [3.63, 3.8) is 0 Å². The van der Waals surface area contributed by atoms with Crippen LogP contribution < -0.4 is 16.0 Å². The highest BCUT2D eigenvalue weighted by molar-refractivity contribution is 5.96. The second kappa shape index (κ2) is 7.13. The van der Waals surface area contributed by atoms with Crippen LogP contribution in [0.25, 0.3) is 0 Å². The predicted molar refractivity (Wildman–Crippen MR) is 91.4 cm³/mol. The fourth-order valence-corrected chi connectivity index (χ4v) is 3.53. The molecule has 3 rings (SSSR count). The van der Waals surface area contributed by atoms with Crippen LogP contribution in [0.4, 0.5) is 11.4 Å². The Balaban J connectivity index is 1.57. The van der Waals surface area contributed by atoms with Crippen molar-refractivity contribution in [3.8, 4) is 0 Å². The standard InChI is InChI=1S/C18H25N3O2/c1-12(13-6-8-19-9-7-13)10-18(23)20-15-4-2-14-3-5-17(22)21-16(14)11-15/h2,4,11-13,19H,3,5-10H2,1H3,(H,20,23)(H,21,22). The third-order valence-corrected chi connectivity index (χ3v) is 4.99. The van der Waals surface area contributed by atoms with Gasteiger partial charge in [-0.25, -0.2) is 0 Å². The van der Waals surface area contributed by atoms with E-state index in [0.29, 0.717) is 24.7 Å². The number of anilines is 2. The number of carbonyl (C=O) groups excluding carboxylic acids is 2. The maximum Gasteiger partial charge on any atom is 0.224 e. The van der Waals surface area contributed by atoms with E-state index in [1.807, 2.05) is 18.2 Å². The maximum atomic E-state index is 12.3. The third-order valence-electron chi connectivity index (χ3n) is 4.99. The largest absolute Gasteiger partial charge is 0.326 e. The first kappa shape index (κ1) is 16.0. The summed E-state index contributed by atoms with van der Waals surface area (Å²) in [5.41, 5.74) is 2.71. The van der Waals surface area contributed by atoms with Gasteiger partial charge in [0.15, 0.2) is 0 Å². The molecule has 0 bridgehead atoms. The van der Waals surface area contributed by atoms with Gasteiger partial charge < -0.3 is 16.0 Å². The van der Waals surface area contributed by atoms with E-state index < -0.39 is 0 Å². The van der Waals surface area contributed by atoms with Gasteiger partial charge in [-0.2, -0.15) is 0 Å². The van der Waals surface area contributed by atoms with Gasteiger partial charge in [0.1, 0.15) is 0 Å². The second-order valence-electron chi connectivity index (χ2n) is 6.74. The zero-order chi connectivity index (χ0) is 16.2. The van der Waals surface area contributed by atoms with Crippen molar-refractivity contribution in [1.29, 1.82) is 0 Å². The topological polar surface area (TPSA) is 70.2 Å². The van der Waals surface area contributed by atoms with Crippen LogP contribution >= 0.6 is 0 Å². The van der Waals surface area contributed by atoms with Crippen molar-refractivity contribution in [2.24, 2.45) is 11.8 Å². The number of amides is 2. The molecule has 5 heteroatoms. The zero-order valence-electron chi connectivity index (χ0n) is 13.7. The Bertz CT molecular complexity index is 594. The molecule has 5 nitrogen and oxygen atoms in total. The number of hydrogen-bond acceptors (Lipinski definition) is 3. The zero-order valence-corrected chi connectivity index (χ0v) is 13.7. The van der Waals surface area contributed by atoms with E-state index >= 15 is 0 Å². The molecule has 0 aromatic heterocycles. The molecule has 0 radical (unpaired) electrons. The van der Waals surface area contributed by atoms with Gasteiger partial charge in [-0.1, -0.05) is 13.0 Å². The van der Waals surface area contributed by atoms with Gasteiger partial charge in [-0.05, 0) is 61.9 Å². The quantitative estimate of drug-likeness (QED) is 0.799. The Labute approximate surface area is 137 Å². The highest BCUT2D eigenvalue weighted by Crippen LogP contribution is 2.27. The van der Waals surface area contributed by atoms with Gasteiger partial charge in [-0.15, -0.1) is 0 Å². The molecule has 1 atom stereocenters. The molecule has 0 saturated carbocycles. The molecule has 0 aliphatic carbocycles. The Morgan fingerprint density at radius 2 is 2.09 bits per heavy atom. The number of aryl methyl sites for hydroxylation is 1. The Morgan fingerprint density at radius 3 is 2.87 bits per heavy atom. The molecule has 1 saturated heterocycles. The number of hydrogen-bond donors (Lipinski definition) is 3. The average Bonchev–Trinajstić information content (AvgIpc) is 2.55. The summed E-state index contributed by atoms with van der Waals surface area (Å²) < 4.78 is 0. The van der Waals surface area contributed by atoms with Crippen LogP contribution in [0.3, 0.4) is 0 Å². The molecule has 2 aliphatic heterocycles. The lowest BCUT2D eigenvalue weighted by molar-refractivity contribution is -0.117. The number of nitrogens with one attached hydrogen (secondary N) is 3. The Hall–Kier alpha value is -1.88. The normalized spacial score (nSPS) is 19.6. The summed E-state index contributed by atoms with van der Waals surface area (Å²) >= 11 is 0. The van der Waals surface area contributed by atoms with Crippen LogP contribution in [0.1, 0.15) is 38.2 Å². The summed E-state index contributed by atoms with van der Waals surface area (Å²) in [6.45, 7) is 4.28. The molecule has 1 unspecified atom stereocenters. The molecule has 23 heavy (non-hydrogen) atoms. The van der Waals surface area contributed by atoms with Crippen LogP contribution in [-0.4, -0.2) is 24.9 Å². The monoisotopic (exact) mass is 315 g/mol. The molecule has 1 aromatic rings. The van der Waals surface area contributed by atoms with Crippen molar-refractivity contribution >= 4 is 23.2 Å². The second-order valence-corrected chi connectivity index (χ2v) is 6.74. The fourth-order valence-electron chi connectivity index (χ4n) is 3.53. The summed E-state index contributed by atoms with van der Waals surface area (Å²) in [6.07, 6.45) is 4.15. The average molecular weight is 315 g/mol. The SMILES string of the molecule is CC(CC(=O)Nc1ccc2c(c1)NC(=O)CC2)C1CCNCC1. The van der Waals surface area contributed by atoms with Crippen molar-refractivity contribution in [2.45, 2.75) is 39.0 Å². The summed E-state index contributed by atoms with van der Waals surface area (Å²) in [5, 5.41) is 9.20. The third kappa shape index (κ3) is 4.10. The van der Waals surface area contributed by atoms with Gasteiger partial charge in [0.25, 0.3) is 0 Å². The Morgan fingerprint density at radius 1 is 1.30 bits per heavy atom.